The van der Waals surface area contributed by atoms with Crippen molar-refractivity contribution in [1.29, 1.82) is 0 Å². The molecule has 0 spiro atoms. The van der Waals surface area contributed by atoms with Gasteiger partial charge in [0.25, 0.3) is 0 Å². The van der Waals surface area contributed by atoms with Gasteiger partial charge in [0.2, 0.25) is 5.91 Å². The number of benzene rings is 1. The lowest BCUT2D eigenvalue weighted by Gasteiger charge is -2.09. The highest BCUT2D eigenvalue weighted by Gasteiger charge is 2.18. The van der Waals surface area contributed by atoms with Crippen LogP contribution in [0.2, 0.25) is 0 Å². The first kappa shape index (κ1) is 11.8. The molecule has 1 aliphatic carbocycles. The van der Waals surface area contributed by atoms with E-state index in [1.165, 1.54) is 25.7 Å². The van der Waals surface area contributed by atoms with Gasteiger partial charge in [0.15, 0.2) is 0 Å². The smallest absolute Gasteiger partial charge is 0.224 e. The minimum Gasteiger partial charge on any atom is -0.326 e. The number of hydrogen-bond acceptors (Lipinski definition) is 2. The Kier molecular flexibility index (Phi) is 3.91. The summed E-state index contributed by atoms with van der Waals surface area (Å²) in [4.78, 5) is 22.4. The zero-order valence-corrected chi connectivity index (χ0v) is 9.82. The average Bonchev–Trinajstić information content (AvgIpc) is 2.82. The summed E-state index contributed by atoms with van der Waals surface area (Å²) in [6, 6.07) is 6.99. The Balaban J connectivity index is 1.90. The second kappa shape index (κ2) is 5.62. The predicted molar refractivity (Wildman–Crippen MR) is 67.0 cm³/mol. The first-order valence-electron chi connectivity index (χ1n) is 6.13. The Hall–Kier alpha value is -1.64. The van der Waals surface area contributed by atoms with Crippen LogP contribution in [0, 0.1) is 5.92 Å². The molecule has 0 aromatic heterocycles. The van der Waals surface area contributed by atoms with Crippen LogP contribution in [-0.2, 0) is 4.79 Å². The maximum Gasteiger partial charge on any atom is 0.224 e. The van der Waals surface area contributed by atoms with Gasteiger partial charge < -0.3 is 5.32 Å². The van der Waals surface area contributed by atoms with Gasteiger partial charge in [-0.2, -0.15) is 0 Å². The lowest BCUT2D eigenvalue weighted by molar-refractivity contribution is -0.117. The molecular formula is C14H17NO2. The molecule has 0 radical (unpaired) electrons. The molecule has 0 bridgehead atoms. The van der Waals surface area contributed by atoms with Crippen molar-refractivity contribution in [2.75, 3.05) is 5.32 Å². The molecule has 0 heterocycles. The molecule has 2 rings (SSSR count). The van der Waals surface area contributed by atoms with Crippen molar-refractivity contribution in [3.8, 4) is 0 Å². The van der Waals surface area contributed by atoms with Gasteiger partial charge in [-0.1, -0.05) is 25.0 Å². The van der Waals surface area contributed by atoms with Crippen molar-refractivity contribution in [2.24, 2.45) is 5.92 Å². The van der Waals surface area contributed by atoms with E-state index in [1.807, 2.05) is 0 Å². The first-order chi connectivity index (χ1) is 8.28. The van der Waals surface area contributed by atoms with Crippen LogP contribution < -0.4 is 5.32 Å². The van der Waals surface area contributed by atoms with Gasteiger partial charge in [0, 0.05) is 17.7 Å². The molecule has 1 aromatic carbocycles. The van der Waals surface area contributed by atoms with E-state index in [2.05, 4.69) is 5.32 Å². The van der Waals surface area contributed by atoms with Crippen molar-refractivity contribution in [3.63, 3.8) is 0 Å². The standard InChI is InChI=1S/C14H17NO2/c16-10-12-6-3-7-13(8-12)15-14(17)9-11-4-1-2-5-11/h3,6-8,10-11H,1-2,4-5,9H2,(H,15,17). The number of nitrogens with one attached hydrogen (secondary N) is 1. The van der Waals surface area contributed by atoms with E-state index in [9.17, 15) is 9.59 Å². The van der Waals surface area contributed by atoms with Crippen molar-refractivity contribution in [2.45, 2.75) is 32.1 Å². The highest BCUT2D eigenvalue weighted by atomic mass is 16.1. The largest absolute Gasteiger partial charge is 0.326 e. The Labute approximate surface area is 101 Å². The maximum absolute atomic E-state index is 11.8. The van der Waals surface area contributed by atoms with Gasteiger partial charge >= 0.3 is 0 Å². The van der Waals surface area contributed by atoms with Gasteiger partial charge in [0.05, 0.1) is 0 Å². The van der Waals surface area contributed by atoms with Crippen LogP contribution in [0.4, 0.5) is 5.69 Å². The summed E-state index contributed by atoms with van der Waals surface area (Å²) in [5.41, 5.74) is 1.29. The molecule has 0 unspecified atom stereocenters. The monoisotopic (exact) mass is 231 g/mol. The van der Waals surface area contributed by atoms with E-state index in [-0.39, 0.29) is 5.91 Å². The number of hydrogen-bond donors (Lipinski definition) is 1. The third-order valence-corrected chi connectivity index (χ3v) is 3.26. The fourth-order valence-electron chi connectivity index (χ4n) is 2.38. The Morgan fingerprint density at radius 2 is 2.12 bits per heavy atom. The minimum atomic E-state index is 0.0555. The quantitative estimate of drug-likeness (QED) is 0.809. The molecular weight excluding hydrogens is 214 g/mol. The molecule has 0 aliphatic heterocycles. The fourth-order valence-corrected chi connectivity index (χ4v) is 2.38. The molecule has 3 heteroatoms. The molecule has 90 valence electrons. The summed E-state index contributed by atoms with van der Waals surface area (Å²) in [7, 11) is 0. The maximum atomic E-state index is 11.8. The lowest BCUT2D eigenvalue weighted by Crippen LogP contribution is -2.15. The van der Waals surface area contributed by atoms with E-state index in [0.29, 0.717) is 23.6 Å². The molecule has 1 amide bonds. The molecule has 1 aromatic rings. The summed E-state index contributed by atoms with van der Waals surface area (Å²) >= 11 is 0. The normalized spacial score (nSPS) is 15.8. The van der Waals surface area contributed by atoms with E-state index in [0.717, 1.165) is 6.29 Å². The van der Waals surface area contributed by atoms with Crippen LogP contribution in [0.25, 0.3) is 0 Å². The zero-order valence-electron chi connectivity index (χ0n) is 9.82. The first-order valence-corrected chi connectivity index (χ1v) is 6.13. The molecule has 0 atom stereocenters. The molecule has 0 saturated heterocycles. The van der Waals surface area contributed by atoms with Crippen molar-refractivity contribution >= 4 is 17.9 Å². The predicted octanol–water partition coefficient (Wildman–Crippen LogP) is 3.02. The molecule has 1 aliphatic rings. The van der Waals surface area contributed by atoms with Crippen molar-refractivity contribution < 1.29 is 9.59 Å². The van der Waals surface area contributed by atoms with Crippen molar-refractivity contribution in [1.82, 2.24) is 0 Å². The Morgan fingerprint density at radius 1 is 1.35 bits per heavy atom. The molecule has 1 fully saturated rings. The van der Waals surface area contributed by atoms with Gasteiger partial charge in [-0.3, -0.25) is 9.59 Å². The van der Waals surface area contributed by atoms with Crippen LogP contribution in [0.3, 0.4) is 0 Å². The number of anilines is 1. The van der Waals surface area contributed by atoms with Gasteiger partial charge in [-0.05, 0) is 30.9 Å². The van der Waals surface area contributed by atoms with E-state index in [1.54, 1.807) is 24.3 Å². The van der Waals surface area contributed by atoms with E-state index in [4.69, 9.17) is 0 Å². The van der Waals surface area contributed by atoms with Gasteiger partial charge in [-0.25, -0.2) is 0 Å². The summed E-state index contributed by atoms with van der Waals surface area (Å²) in [6.45, 7) is 0. The molecule has 3 nitrogen and oxygen atoms in total. The van der Waals surface area contributed by atoms with Crippen molar-refractivity contribution in [3.05, 3.63) is 29.8 Å². The lowest BCUT2D eigenvalue weighted by atomic mass is 10.0. The van der Waals surface area contributed by atoms with Crippen LogP contribution in [0.15, 0.2) is 24.3 Å². The number of carbonyl (C=O) groups excluding carboxylic acids is 2. The summed E-state index contributed by atoms with van der Waals surface area (Å²) in [5.74, 6) is 0.601. The van der Waals surface area contributed by atoms with Gasteiger partial charge in [-0.15, -0.1) is 0 Å². The molecule has 17 heavy (non-hydrogen) atoms. The fraction of sp³-hybridized carbons (Fsp3) is 0.429. The molecule has 1 saturated carbocycles. The third-order valence-electron chi connectivity index (χ3n) is 3.26. The van der Waals surface area contributed by atoms with E-state index >= 15 is 0 Å². The molecule has 1 N–H and O–H groups in total. The van der Waals surface area contributed by atoms with Gasteiger partial charge in [0.1, 0.15) is 6.29 Å². The third kappa shape index (κ3) is 3.41. The number of carbonyl (C=O) groups is 2. The highest BCUT2D eigenvalue weighted by Crippen LogP contribution is 2.27. The van der Waals surface area contributed by atoms with Crippen LogP contribution in [-0.4, -0.2) is 12.2 Å². The summed E-state index contributed by atoms with van der Waals surface area (Å²) < 4.78 is 0. The number of rotatable bonds is 4. The Morgan fingerprint density at radius 3 is 2.82 bits per heavy atom. The summed E-state index contributed by atoms with van der Waals surface area (Å²) in [6.07, 6.45) is 6.22. The van der Waals surface area contributed by atoms with E-state index < -0.39 is 0 Å². The van der Waals surface area contributed by atoms with Crippen LogP contribution in [0.1, 0.15) is 42.5 Å². The average molecular weight is 231 g/mol. The Bertz CT molecular complexity index is 408. The second-order valence-electron chi connectivity index (χ2n) is 4.65. The topological polar surface area (TPSA) is 46.2 Å². The number of amides is 1. The van der Waals surface area contributed by atoms with Crippen LogP contribution >= 0.6 is 0 Å². The number of aldehydes is 1. The minimum absolute atomic E-state index is 0.0555. The van der Waals surface area contributed by atoms with Crippen LogP contribution in [0.5, 0.6) is 0 Å². The zero-order chi connectivity index (χ0) is 12.1. The SMILES string of the molecule is O=Cc1cccc(NC(=O)CC2CCCC2)c1. The summed E-state index contributed by atoms with van der Waals surface area (Å²) in [5, 5.41) is 2.85. The highest BCUT2D eigenvalue weighted by molar-refractivity contribution is 5.91. The second-order valence-corrected chi connectivity index (χ2v) is 4.65.